The molecule has 4 aromatic rings. The Kier molecular flexibility index (Phi) is 6.97. The summed E-state index contributed by atoms with van der Waals surface area (Å²) < 4.78 is 6.21. The second-order valence-electron chi connectivity index (χ2n) is 6.51. The fraction of sp³-hybridized carbons (Fsp3) is 0.136. The van der Waals surface area contributed by atoms with E-state index in [1.165, 1.54) is 23.1 Å². The molecule has 4 rings (SSSR count). The number of carbonyl (C=O) groups is 1. The van der Waals surface area contributed by atoms with Crippen LogP contribution in [-0.4, -0.2) is 28.7 Å². The molecule has 0 N–H and O–H groups in total. The Balaban J connectivity index is 1.65. The molecule has 0 spiro atoms. The third-order valence-corrected chi connectivity index (χ3v) is 7.23. The van der Waals surface area contributed by atoms with Crippen LogP contribution in [-0.2, 0) is 11.3 Å². The molecule has 2 aromatic carbocycles. The number of thiazole rings is 1. The predicted octanol–water partition coefficient (Wildman–Crippen LogP) is 6.33. The van der Waals surface area contributed by atoms with E-state index in [4.69, 9.17) is 32.9 Å². The van der Waals surface area contributed by atoms with Crippen LogP contribution in [0.15, 0.2) is 65.8 Å². The number of benzene rings is 2. The maximum atomic E-state index is 13.3. The molecule has 0 saturated carbocycles. The van der Waals surface area contributed by atoms with Gasteiger partial charge in [0, 0.05) is 22.3 Å². The van der Waals surface area contributed by atoms with E-state index < -0.39 is 0 Å². The third-order valence-electron chi connectivity index (χ3n) is 4.44. The van der Waals surface area contributed by atoms with Crippen LogP contribution in [0.4, 0.5) is 5.13 Å². The highest BCUT2D eigenvalue weighted by molar-refractivity contribution is 8.00. The molecule has 0 radical (unpaired) electrons. The van der Waals surface area contributed by atoms with Crippen LogP contribution in [0.5, 0.6) is 5.75 Å². The molecule has 0 fully saturated rings. The van der Waals surface area contributed by atoms with Gasteiger partial charge in [0.15, 0.2) is 5.13 Å². The zero-order chi connectivity index (χ0) is 21.8. The molecule has 5 nitrogen and oxygen atoms in total. The van der Waals surface area contributed by atoms with Crippen LogP contribution in [0.1, 0.15) is 5.56 Å². The number of aromatic nitrogens is 2. The van der Waals surface area contributed by atoms with Crippen molar-refractivity contribution in [3.63, 3.8) is 0 Å². The summed E-state index contributed by atoms with van der Waals surface area (Å²) in [4.78, 5) is 24.8. The molecule has 0 aliphatic carbocycles. The number of rotatable bonds is 7. The van der Waals surface area contributed by atoms with E-state index in [9.17, 15) is 4.79 Å². The number of anilines is 1. The monoisotopic (exact) mass is 489 g/mol. The van der Waals surface area contributed by atoms with E-state index in [1.807, 2.05) is 36.4 Å². The zero-order valence-corrected chi connectivity index (χ0v) is 19.6. The van der Waals surface area contributed by atoms with Gasteiger partial charge in [-0.25, -0.2) is 4.98 Å². The molecule has 0 unspecified atom stereocenters. The van der Waals surface area contributed by atoms with E-state index in [0.717, 1.165) is 15.2 Å². The molecular formula is C22H17Cl2N3O2S2. The predicted molar refractivity (Wildman–Crippen MR) is 129 cm³/mol. The summed E-state index contributed by atoms with van der Waals surface area (Å²) in [6, 6.07) is 14.7. The first kappa shape index (κ1) is 21.9. The Morgan fingerprint density at radius 1 is 1.16 bits per heavy atom. The molecule has 2 aromatic heterocycles. The van der Waals surface area contributed by atoms with Crippen molar-refractivity contribution in [2.75, 3.05) is 17.8 Å². The summed E-state index contributed by atoms with van der Waals surface area (Å²) in [6.07, 6.45) is 3.45. The van der Waals surface area contributed by atoms with Crippen molar-refractivity contribution in [3.05, 3.63) is 76.5 Å². The third kappa shape index (κ3) is 5.13. The van der Waals surface area contributed by atoms with Crippen molar-refractivity contribution in [3.8, 4) is 5.75 Å². The van der Waals surface area contributed by atoms with Crippen molar-refractivity contribution >= 4 is 67.6 Å². The van der Waals surface area contributed by atoms with Crippen LogP contribution in [0.3, 0.4) is 0 Å². The summed E-state index contributed by atoms with van der Waals surface area (Å²) >= 11 is 15.2. The van der Waals surface area contributed by atoms with Gasteiger partial charge in [-0.15, -0.1) is 11.8 Å². The number of pyridine rings is 1. The van der Waals surface area contributed by atoms with Crippen LogP contribution in [0, 0.1) is 0 Å². The topological polar surface area (TPSA) is 55.3 Å². The number of methoxy groups -OCH3 is 1. The standard InChI is InChI=1S/C22H17Cl2N3O2S2/c1-29-18-9-8-17(24)21-20(18)26-22(31-21)27(12-14-3-2-10-25-11-14)19(28)13-30-16-6-4-15(23)5-7-16/h2-11H,12-13H2,1H3. The lowest BCUT2D eigenvalue weighted by Gasteiger charge is -2.19. The highest BCUT2D eigenvalue weighted by atomic mass is 35.5. The van der Waals surface area contributed by atoms with Crippen molar-refractivity contribution in [1.29, 1.82) is 0 Å². The number of ether oxygens (including phenoxy) is 1. The zero-order valence-electron chi connectivity index (χ0n) is 16.4. The average molecular weight is 490 g/mol. The van der Waals surface area contributed by atoms with Crippen LogP contribution >= 0.6 is 46.3 Å². The number of carbonyl (C=O) groups excluding carboxylic acids is 1. The summed E-state index contributed by atoms with van der Waals surface area (Å²) in [5, 5.41) is 1.80. The molecule has 0 saturated heterocycles. The summed E-state index contributed by atoms with van der Waals surface area (Å²) in [7, 11) is 1.59. The fourth-order valence-corrected chi connectivity index (χ4v) is 5.09. The Hall–Kier alpha value is -2.32. The number of thioether (sulfide) groups is 1. The number of amides is 1. The highest BCUT2D eigenvalue weighted by Crippen LogP contribution is 2.39. The van der Waals surface area contributed by atoms with Gasteiger partial charge in [-0.2, -0.15) is 0 Å². The van der Waals surface area contributed by atoms with Gasteiger partial charge in [0.05, 0.1) is 29.1 Å². The van der Waals surface area contributed by atoms with Gasteiger partial charge in [0.2, 0.25) is 5.91 Å². The molecule has 9 heteroatoms. The summed E-state index contributed by atoms with van der Waals surface area (Å²) in [6.45, 7) is 0.355. The lowest BCUT2D eigenvalue weighted by atomic mass is 10.2. The number of fused-ring (bicyclic) bond motifs is 1. The Bertz CT molecular complexity index is 1200. The minimum atomic E-state index is -0.0713. The van der Waals surface area contributed by atoms with Crippen molar-refractivity contribution in [2.24, 2.45) is 0 Å². The Morgan fingerprint density at radius 2 is 1.97 bits per heavy atom. The van der Waals surface area contributed by atoms with Crippen molar-refractivity contribution in [1.82, 2.24) is 9.97 Å². The summed E-state index contributed by atoms with van der Waals surface area (Å²) in [5.41, 5.74) is 1.55. The van der Waals surface area contributed by atoms with Gasteiger partial charge < -0.3 is 4.74 Å². The molecule has 0 aliphatic heterocycles. The normalized spacial score (nSPS) is 10.9. The number of halogens is 2. The maximum Gasteiger partial charge on any atom is 0.239 e. The van der Waals surface area contributed by atoms with Crippen LogP contribution < -0.4 is 9.64 Å². The molecule has 0 atom stereocenters. The first-order valence-corrected chi connectivity index (χ1v) is 11.8. The molecule has 0 aliphatic rings. The van der Waals surface area contributed by atoms with Gasteiger partial charge in [0.1, 0.15) is 11.3 Å². The SMILES string of the molecule is COc1ccc(Cl)c2sc(N(Cc3cccnc3)C(=O)CSc3ccc(Cl)cc3)nc12. The Labute approximate surface area is 198 Å². The second-order valence-corrected chi connectivity index (χ2v) is 9.38. The highest BCUT2D eigenvalue weighted by Gasteiger charge is 2.22. The van der Waals surface area contributed by atoms with Gasteiger partial charge >= 0.3 is 0 Å². The first-order chi connectivity index (χ1) is 15.0. The molecule has 158 valence electrons. The fourth-order valence-electron chi connectivity index (χ4n) is 2.91. The summed E-state index contributed by atoms with van der Waals surface area (Å²) in [5.74, 6) is 0.798. The number of hydrogen-bond donors (Lipinski definition) is 0. The maximum absolute atomic E-state index is 13.3. The smallest absolute Gasteiger partial charge is 0.239 e. The largest absolute Gasteiger partial charge is 0.494 e. The van der Waals surface area contributed by atoms with Crippen molar-refractivity contribution in [2.45, 2.75) is 11.4 Å². The van der Waals surface area contributed by atoms with Crippen LogP contribution in [0.2, 0.25) is 10.0 Å². The molecular weight excluding hydrogens is 473 g/mol. The van der Waals surface area contributed by atoms with Crippen LogP contribution in [0.25, 0.3) is 10.2 Å². The lowest BCUT2D eigenvalue weighted by molar-refractivity contribution is -0.116. The van der Waals surface area contributed by atoms with E-state index in [0.29, 0.717) is 33.0 Å². The average Bonchev–Trinajstić information content (AvgIpc) is 3.24. The van der Waals surface area contributed by atoms with E-state index in [2.05, 4.69) is 4.98 Å². The van der Waals surface area contributed by atoms with E-state index >= 15 is 0 Å². The molecule has 0 bridgehead atoms. The first-order valence-electron chi connectivity index (χ1n) is 9.26. The second kappa shape index (κ2) is 9.87. The van der Waals surface area contributed by atoms with Gasteiger partial charge in [-0.05, 0) is 48.0 Å². The minimum absolute atomic E-state index is 0.0713. The van der Waals surface area contributed by atoms with E-state index in [1.54, 1.807) is 36.5 Å². The Morgan fingerprint density at radius 3 is 2.68 bits per heavy atom. The van der Waals surface area contributed by atoms with E-state index in [-0.39, 0.29) is 11.7 Å². The van der Waals surface area contributed by atoms with Gasteiger partial charge in [-0.3, -0.25) is 14.7 Å². The molecule has 31 heavy (non-hydrogen) atoms. The molecule has 1 amide bonds. The minimum Gasteiger partial charge on any atom is -0.494 e. The lowest BCUT2D eigenvalue weighted by Crippen LogP contribution is -2.31. The quantitative estimate of drug-likeness (QED) is 0.283. The van der Waals surface area contributed by atoms with Crippen molar-refractivity contribution < 1.29 is 9.53 Å². The number of hydrogen-bond acceptors (Lipinski definition) is 6. The van der Waals surface area contributed by atoms with Gasteiger partial charge in [-0.1, -0.05) is 40.6 Å². The molecule has 2 heterocycles. The van der Waals surface area contributed by atoms with Gasteiger partial charge in [0.25, 0.3) is 0 Å². The number of nitrogens with zero attached hydrogens (tertiary/aromatic N) is 3.